The van der Waals surface area contributed by atoms with Crippen molar-refractivity contribution >= 4 is 27.5 Å². The average Bonchev–Trinajstić information content (AvgIpc) is 3.42. The number of carbonyl (C=O) groups excluding carboxylic acids is 2. The highest BCUT2D eigenvalue weighted by molar-refractivity contribution is 7.92. The molecule has 1 aliphatic heterocycles. The summed E-state index contributed by atoms with van der Waals surface area (Å²) >= 11 is 0. The number of aryl methyl sites for hydroxylation is 1. The van der Waals surface area contributed by atoms with Gasteiger partial charge in [-0.2, -0.15) is 0 Å². The molecule has 9 nitrogen and oxygen atoms in total. The van der Waals surface area contributed by atoms with Gasteiger partial charge in [0.1, 0.15) is 12.6 Å². The van der Waals surface area contributed by atoms with Crippen LogP contribution in [0.5, 0.6) is 11.5 Å². The monoisotopic (exact) mass is 579 g/mol. The molecule has 3 aromatic carbocycles. The summed E-state index contributed by atoms with van der Waals surface area (Å²) < 4.78 is 37.8. The lowest BCUT2D eigenvalue weighted by atomic mass is 10.0. The first-order valence-corrected chi connectivity index (χ1v) is 15.5. The molecule has 41 heavy (non-hydrogen) atoms. The van der Waals surface area contributed by atoms with Crippen LogP contribution in [0.15, 0.2) is 72.8 Å². The fourth-order valence-corrected chi connectivity index (χ4v) is 5.46. The van der Waals surface area contributed by atoms with E-state index in [1.807, 2.05) is 75.4 Å². The SMILES string of the molecule is CCC(C)NC(=O)C(Cc1ccccc1)N(Cc1ccccc1C)C(=O)CN(c1ccc2c(c1)OCO2)S(C)(=O)=O. The van der Waals surface area contributed by atoms with Crippen LogP contribution in [-0.2, 0) is 32.6 Å². The summed E-state index contributed by atoms with van der Waals surface area (Å²) in [6, 6.07) is 20.9. The number of ether oxygens (including phenoxy) is 2. The van der Waals surface area contributed by atoms with E-state index in [2.05, 4.69) is 5.32 Å². The average molecular weight is 580 g/mol. The lowest BCUT2D eigenvalue weighted by molar-refractivity contribution is -0.140. The van der Waals surface area contributed by atoms with Gasteiger partial charge in [0.25, 0.3) is 0 Å². The minimum atomic E-state index is -3.88. The van der Waals surface area contributed by atoms with Crippen molar-refractivity contribution in [2.75, 3.05) is 23.9 Å². The Hall–Kier alpha value is -4.05. The Labute approximate surface area is 242 Å². The Kier molecular flexibility index (Phi) is 9.54. The van der Waals surface area contributed by atoms with Crippen LogP contribution in [-0.4, -0.2) is 56.8 Å². The molecule has 0 saturated carbocycles. The van der Waals surface area contributed by atoms with Crippen LogP contribution in [0.3, 0.4) is 0 Å². The maximum absolute atomic E-state index is 14.2. The molecule has 0 saturated heterocycles. The normalized spacial score (nSPS) is 13.8. The third-order valence-corrected chi connectivity index (χ3v) is 8.34. The van der Waals surface area contributed by atoms with Crippen molar-refractivity contribution in [3.05, 3.63) is 89.5 Å². The smallest absolute Gasteiger partial charge is 0.244 e. The molecule has 218 valence electrons. The van der Waals surface area contributed by atoms with Crippen LogP contribution in [0.25, 0.3) is 0 Å². The quantitative estimate of drug-likeness (QED) is 0.347. The number of rotatable bonds is 12. The lowest BCUT2D eigenvalue weighted by Gasteiger charge is -2.34. The molecule has 0 spiro atoms. The molecule has 2 atom stereocenters. The summed E-state index contributed by atoms with van der Waals surface area (Å²) in [5.74, 6) is 0.102. The van der Waals surface area contributed by atoms with Crippen LogP contribution in [0, 0.1) is 6.92 Å². The fraction of sp³-hybridized carbons (Fsp3) is 0.355. The van der Waals surface area contributed by atoms with Crippen molar-refractivity contribution in [1.29, 1.82) is 0 Å². The second-order valence-corrected chi connectivity index (χ2v) is 12.2. The second kappa shape index (κ2) is 13.1. The van der Waals surface area contributed by atoms with Gasteiger partial charge in [0, 0.05) is 25.1 Å². The van der Waals surface area contributed by atoms with E-state index in [4.69, 9.17) is 9.47 Å². The third kappa shape index (κ3) is 7.58. The molecule has 0 aliphatic carbocycles. The minimum absolute atomic E-state index is 0.0350. The number of nitrogens with one attached hydrogen (secondary N) is 1. The molecule has 10 heteroatoms. The van der Waals surface area contributed by atoms with Gasteiger partial charge in [-0.05, 0) is 49.1 Å². The van der Waals surface area contributed by atoms with E-state index in [-0.39, 0.29) is 37.4 Å². The van der Waals surface area contributed by atoms with Gasteiger partial charge in [0.15, 0.2) is 11.5 Å². The summed E-state index contributed by atoms with van der Waals surface area (Å²) in [6.07, 6.45) is 2.04. The van der Waals surface area contributed by atoms with Crippen LogP contribution in [0.1, 0.15) is 37.0 Å². The molecule has 2 unspecified atom stereocenters. The lowest BCUT2D eigenvalue weighted by Crippen LogP contribution is -2.54. The van der Waals surface area contributed by atoms with E-state index < -0.39 is 28.5 Å². The first-order chi connectivity index (χ1) is 19.6. The summed E-state index contributed by atoms with van der Waals surface area (Å²) in [5, 5.41) is 3.03. The van der Waals surface area contributed by atoms with E-state index >= 15 is 0 Å². The molecular formula is C31H37N3O6S. The molecule has 0 bridgehead atoms. The largest absolute Gasteiger partial charge is 0.454 e. The standard InChI is InChI=1S/C31H37N3O6S/c1-5-23(3)32-31(36)27(17-24-12-7-6-8-13-24)33(19-25-14-10-9-11-22(25)2)30(35)20-34(41(4,37)38)26-15-16-28-29(18-26)40-21-39-28/h6-16,18,23,27H,5,17,19-21H2,1-4H3,(H,32,36). The zero-order chi connectivity index (χ0) is 29.6. The Morgan fingerprint density at radius 2 is 1.66 bits per heavy atom. The van der Waals surface area contributed by atoms with Crippen LogP contribution in [0.2, 0.25) is 0 Å². The number of fused-ring (bicyclic) bond motifs is 1. The van der Waals surface area contributed by atoms with Crippen molar-refractivity contribution in [1.82, 2.24) is 10.2 Å². The first-order valence-electron chi connectivity index (χ1n) is 13.6. The number of amides is 2. The van der Waals surface area contributed by atoms with Crippen molar-refractivity contribution in [2.45, 2.75) is 52.2 Å². The van der Waals surface area contributed by atoms with Crippen LogP contribution >= 0.6 is 0 Å². The highest BCUT2D eigenvalue weighted by Crippen LogP contribution is 2.36. The van der Waals surface area contributed by atoms with Gasteiger partial charge < -0.3 is 19.7 Å². The minimum Gasteiger partial charge on any atom is -0.454 e. The number of benzene rings is 3. The summed E-state index contributed by atoms with van der Waals surface area (Å²) in [5.41, 5.74) is 2.98. The van der Waals surface area contributed by atoms with Gasteiger partial charge in [-0.1, -0.05) is 61.5 Å². The number of sulfonamides is 1. The van der Waals surface area contributed by atoms with E-state index in [0.717, 1.165) is 33.7 Å². The molecule has 4 rings (SSSR count). The van der Waals surface area contributed by atoms with Crippen molar-refractivity contribution in [3.8, 4) is 11.5 Å². The molecule has 0 aromatic heterocycles. The number of carbonyl (C=O) groups is 2. The number of hydrogen-bond donors (Lipinski definition) is 1. The molecule has 0 fully saturated rings. The molecule has 1 N–H and O–H groups in total. The highest BCUT2D eigenvalue weighted by Gasteiger charge is 2.34. The number of nitrogens with zero attached hydrogens (tertiary/aromatic N) is 2. The maximum atomic E-state index is 14.2. The van der Waals surface area contributed by atoms with Crippen LogP contribution in [0.4, 0.5) is 5.69 Å². The Morgan fingerprint density at radius 1 is 0.976 bits per heavy atom. The Bertz CT molecular complexity index is 1480. The number of anilines is 1. The summed E-state index contributed by atoms with van der Waals surface area (Å²) in [7, 11) is -3.88. The Balaban J connectivity index is 1.74. The van der Waals surface area contributed by atoms with E-state index in [9.17, 15) is 18.0 Å². The predicted molar refractivity (Wildman–Crippen MR) is 158 cm³/mol. The summed E-state index contributed by atoms with van der Waals surface area (Å²) in [6.45, 7) is 5.51. The van der Waals surface area contributed by atoms with Gasteiger partial charge in [-0.15, -0.1) is 0 Å². The highest BCUT2D eigenvalue weighted by atomic mass is 32.2. The maximum Gasteiger partial charge on any atom is 0.244 e. The first kappa shape index (κ1) is 29.9. The molecule has 1 heterocycles. The zero-order valence-electron chi connectivity index (χ0n) is 23.9. The van der Waals surface area contributed by atoms with Crippen molar-refractivity contribution < 1.29 is 27.5 Å². The predicted octanol–water partition coefficient (Wildman–Crippen LogP) is 4.04. The molecule has 0 radical (unpaired) electrons. The fourth-order valence-electron chi connectivity index (χ4n) is 4.62. The van der Waals surface area contributed by atoms with Gasteiger partial charge in [-0.3, -0.25) is 13.9 Å². The second-order valence-electron chi connectivity index (χ2n) is 10.3. The number of hydrogen-bond acceptors (Lipinski definition) is 6. The van der Waals surface area contributed by atoms with Gasteiger partial charge >= 0.3 is 0 Å². The van der Waals surface area contributed by atoms with E-state index in [1.165, 1.54) is 4.90 Å². The van der Waals surface area contributed by atoms with Gasteiger partial charge in [-0.25, -0.2) is 8.42 Å². The van der Waals surface area contributed by atoms with Gasteiger partial charge in [0.05, 0.1) is 11.9 Å². The zero-order valence-corrected chi connectivity index (χ0v) is 24.7. The van der Waals surface area contributed by atoms with Crippen molar-refractivity contribution in [2.24, 2.45) is 0 Å². The molecule has 3 aromatic rings. The van der Waals surface area contributed by atoms with Gasteiger partial charge in [0.2, 0.25) is 28.6 Å². The molecule has 1 aliphatic rings. The van der Waals surface area contributed by atoms with Crippen molar-refractivity contribution in [3.63, 3.8) is 0 Å². The molecule has 2 amide bonds. The third-order valence-electron chi connectivity index (χ3n) is 7.20. The summed E-state index contributed by atoms with van der Waals surface area (Å²) in [4.78, 5) is 29.4. The topological polar surface area (TPSA) is 105 Å². The molecular weight excluding hydrogens is 542 g/mol. The Morgan fingerprint density at radius 3 is 2.34 bits per heavy atom. The van der Waals surface area contributed by atoms with E-state index in [0.29, 0.717) is 11.5 Å². The van der Waals surface area contributed by atoms with E-state index in [1.54, 1.807) is 18.2 Å². The van der Waals surface area contributed by atoms with Crippen LogP contribution < -0.4 is 19.1 Å².